The zero-order valence-electron chi connectivity index (χ0n) is 14.8. The number of anilines is 2. The van der Waals surface area contributed by atoms with E-state index in [1.165, 1.54) is 6.20 Å². The summed E-state index contributed by atoms with van der Waals surface area (Å²) in [7, 11) is 0. The molecule has 0 aliphatic carbocycles. The number of pyridine rings is 1. The van der Waals surface area contributed by atoms with Crippen molar-refractivity contribution in [1.29, 1.82) is 0 Å². The molecule has 152 valence electrons. The Morgan fingerprint density at radius 3 is 2.61 bits per heavy atom. The van der Waals surface area contributed by atoms with Gasteiger partial charge in [0.05, 0.1) is 11.1 Å². The van der Waals surface area contributed by atoms with E-state index in [9.17, 15) is 9.59 Å². The van der Waals surface area contributed by atoms with Crippen LogP contribution in [0.5, 0.6) is 0 Å². The van der Waals surface area contributed by atoms with Gasteiger partial charge in [-0.3, -0.25) is 9.59 Å². The maximum Gasteiger partial charge on any atom is 0.256 e. The lowest BCUT2D eigenvalue weighted by atomic mass is 10.1. The van der Waals surface area contributed by atoms with Gasteiger partial charge in [-0.2, -0.15) is 0 Å². The van der Waals surface area contributed by atoms with Crippen LogP contribution in [0.3, 0.4) is 0 Å². The molecule has 1 aliphatic rings. The maximum atomic E-state index is 12.3. The molecular formula is C18H21Cl3N4O3. The molecule has 3 rings (SSSR count). The zero-order chi connectivity index (χ0) is 18.5. The Hall–Kier alpha value is -1.90. The molecule has 1 aliphatic heterocycles. The Balaban J connectivity index is 0.00000196. The Kier molecular flexibility index (Phi) is 9.64. The Bertz CT molecular complexity index is 805. The van der Waals surface area contributed by atoms with Crippen molar-refractivity contribution in [3.05, 3.63) is 53.2 Å². The molecule has 2 atom stereocenters. The lowest BCUT2D eigenvalue weighted by Crippen LogP contribution is -2.29. The summed E-state index contributed by atoms with van der Waals surface area (Å²) in [6.45, 7) is 0.401. The van der Waals surface area contributed by atoms with Crippen LogP contribution in [0.25, 0.3) is 0 Å². The average Bonchev–Trinajstić information content (AvgIpc) is 3.13. The van der Waals surface area contributed by atoms with Crippen LogP contribution in [0.4, 0.5) is 11.5 Å². The maximum absolute atomic E-state index is 12.3. The van der Waals surface area contributed by atoms with Gasteiger partial charge in [0, 0.05) is 24.0 Å². The molecule has 1 fully saturated rings. The first kappa shape index (κ1) is 24.1. The van der Waals surface area contributed by atoms with Gasteiger partial charge in [0.25, 0.3) is 11.8 Å². The van der Waals surface area contributed by atoms with E-state index < -0.39 is 6.10 Å². The number of rotatable bonds is 5. The largest absolute Gasteiger partial charge is 0.364 e. The third-order valence-corrected chi connectivity index (χ3v) is 4.25. The van der Waals surface area contributed by atoms with E-state index in [1.54, 1.807) is 36.4 Å². The fourth-order valence-electron chi connectivity index (χ4n) is 2.67. The molecule has 1 aromatic carbocycles. The first-order chi connectivity index (χ1) is 12.5. The van der Waals surface area contributed by atoms with Crippen molar-refractivity contribution in [2.45, 2.75) is 25.0 Å². The SMILES string of the molecule is Cl.Cl.NC[C@H]1CC[C@@H](C(=O)Nc2cccc(C(=O)Nc3ccc(Cl)cn3)c2)O1. The number of hydrogen-bond donors (Lipinski definition) is 3. The van der Waals surface area contributed by atoms with Crippen LogP contribution in [0.2, 0.25) is 5.02 Å². The van der Waals surface area contributed by atoms with E-state index in [0.29, 0.717) is 35.1 Å². The van der Waals surface area contributed by atoms with Crippen LogP contribution in [-0.4, -0.2) is 35.6 Å². The summed E-state index contributed by atoms with van der Waals surface area (Å²) < 4.78 is 5.58. The lowest BCUT2D eigenvalue weighted by Gasteiger charge is -2.13. The summed E-state index contributed by atoms with van der Waals surface area (Å²) in [5.41, 5.74) is 6.47. The molecule has 0 unspecified atom stereocenters. The molecule has 2 amide bonds. The molecule has 0 bridgehead atoms. The van der Waals surface area contributed by atoms with Crippen molar-refractivity contribution in [3.63, 3.8) is 0 Å². The summed E-state index contributed by atoms with van der Waals surface area (Å²) in [5, 5.41) is 5.94. The minimum absolute atomic E-state index is 0. The van der Waals surface area contributed by atoms with E-state index in [1.807, 2.05) is 0 Å². The topological polar surface area (TPSA) is 106 Å². The third-order valence-electron chi connectivity index (χ3n) is 4.02. The van der Waals surface area contributed by atoms with E-state index in [4.69, 9.17) is 22.1 Å². The van der Waals surface area contributed by atoms with Crippen molar-refractivity contribution in [2.24, 2.45) is 5.73 Å². The van der Waals surface area contributed by atoms with Gasteiger partial charge in [-0.1, -0.05) is 17.7 Å². The number of aromatic nitrogens is 1. The van der Waals surface area contributed by atoms with Crippen LogP contribution >= 0.6 is 36.4 Å². The van der Waals surface area contributed by atoms with Gasteiger partial charge in [-0.05, 0) is 43.2 Å². The van der Waals surface area contributed by atoms with Gasteiger partial charge < -0.3 is 21.1 Å². The second-order valence-electron chi connectivity index (χ2n) is 5.95. The van der Waals surface area contributed by atoms with E-state index >= 15 is 0 Å². The summed E-state index contributed by atoms with van der Waals surface area (Å²) in [6, 6.07) is 9.90. The highest BCUT2D eigenvalue weighted by molar-refractivity contribution is 6.30. The van der Waals surface area contributed by atoms with Crippen molar-refractivity contribution < 1.29 is 14.3 Å². The number of halogens is 3. The number of nitrogens with one attached hydrogen (secondary N) is 2. The molecule has 1 aromatic heterocycles. The molecule has 10 heteroatoms. The van der Waals surface area contributed by atoms with Crippen molar-refractivity contribution in [1.82, 2.24) is 4.98 Å². The predicted molar refractivity (Wildman–Crippen MR) is 114 cm³/mol. The normalized spacial score (nSPS) is 17.8. The van der Waals surface area contributed by atoms with Gasteiger partial charge in [0.1, 0.15) is 11.9 Å². The van der Waals surface area contributed by atoms with E-state index in [-0.39, 0.29) is 42.7 Å². The highest BCUT2D eigenvalue weighted by Crippen LogP contribution is 2.21. The zero-order valence-corrected chi connectivity index (χ0v) is 17.2. The number of ether oxygens (including phenoxy) is 1. The minimum Gasteiger partial charge on any atom is -0.364 e. The van der Waals surface area contributed by atoms with Gasteiger partial charge in [0.2, 0.25) is 0 Å². The second-order valence-corrected chi connectivity index (χ2v) is 6.38. The molecule has 4 N–H and O–H groups in total. The number of nitrogens with zero attached hydrogens (tertiary/aromatic N) is 1. The first-order valence-corrected chi connectivity index (χ1v) is 8.62. The van der Waals surface area contributed by atoms with Crippen LogP contribution in [0.1, 0.15) is 23.2 Å². The molecule has 2 heterocycles. The summed E-state index contributed by atoms with van der Waals surface area (Å²) in [4.78, 5) is 28.6. The minimum atomic E-state index is -0.515. The molecule has 0 radical (unpaired) electrons. The molecule has 1 saturated heterocycles. The van der Waals surface area contributed by atoms with Crippen molar-refractivity contribution in [3.8, 4) is 0 Å². The Morgan fingerprint density at radius 1 is 1.18 bits per heavy atom. The number of benzene rings is 1. The first-order valence-electron chi connectivity index (χ1n) is 8.24. The molecule has 0 spiro atoms. The second kappa shape index (κ2) is 11.2. The van der Waals surface area contributed by atoms with E-state index in [0.717, 1.165) is 6.42 Å². The highest BCUT2D eigenvalue weighted by Gasteiger charge is 2.29. The predicted octanol–water partition coefficient (Wildman–Crippen LogP) is 3.28. The van der Waals surface area contributed by atoms with Gasteiger partial charge in [0.15, 0.2) is 0 Å². The van der Waals surface area contributed by atoms with Crippen LogP contribution in [0.15, 0.2) is 42.6 Å². The molecule has 0 saturated carbocycles. The van der Waals surface area contributed by atoms with Gasteiger partial charge >= 0.3 is 0 Å². The Labute approximate surface area is 180 Å². The number of hydrogen-bond acceptors (Lipinski definition) is 5. The van der Waals surface area contributed by atoms with Crippen molar-refractivity contribution in [2.75, 3.05) is 17.2 Å². The van der Waals surface area contributed by atoms with E-state index in [2.05, 4.69) is 15.6 Å². The monoisotopic (exact) mass is 446 g/mol. The molecule has 2 aromatic rings. The number of amides is 2. The standard InChI is InChI=1S/C18H19ClN4O3.2ClH/c19-12-4-7-16(21-10-12)23-17(24)11-2-1-3-13(8-11)22-18(25)15-6-5-14(9-20)26-15;;/h1-4,7-8,10,14-15H,5-6,9,20H2,(H,22,25)(H,21,23,24);2*1H/t14-,15+;;/m1../s1. The average molecular weight is 448 g/mol. The summed E-state index contributed by atoms with van der Waals surface area (Å²) >= 11 is 5.77. The number of carbonyl (C=O) groups is 2. The molecule has 7 nitrogen and oxygen atoms in total. The summed E-state index contributed by atoms with van der Waals surface area (Å²) in [5.74, 6) is -0.185. The summed E-state index contributed by atoms with van der Waals surface area (Å²) in [6.07, 6.45) is 2.26. The van der Waals surface area contributed by atoms with Gasteiger partial charge in [-0.25, -0.2) is 4.98 Å². The quantitative estimate of drug-likeness (QED) is 0.652. The Morgan fingerprint density at radius 2 is 1.96 bits per heavy atom. The van der Waals surface area contributed by atoms with Crippen molar-refractivity contribution >= 4 is 59.7 Å². The fourth-order valence-corrected chi connectivity index (χ4v) is 2.78. The van der Waals surface area contributed by atoms with Crippen LogP contribution < -0.4 is 16.4 Å². The molecule has 28 heavy (non-hydrogen) atoms. The number of nitrogens with two attached hydrogens (primary N) is 1. The van der Waals surface area contributed by atoms with Crippen LogP contribution in [0, 0.1) is 0 Å². The van der Waals surface area contributed by atoms with Crippen LogP contribution in [-0.2, 0) is 9.53 Å². The fraction of sp³-hybridized carbons (Fsp3) is 0.278. The smallest absolute Gasteiger partial charge is 0.256 e. The molecular weight excluding hydrogens is 427 g/mol. The van der Waals surface area contributed by atoms with Gasteiger partial charge in [-0.15, -0.1) is 24.8 Å². The number of carbonyl (C=O) groups excluding carboxylic acids is 2. The lowest BCUT2D eigenvalue weighted by molar-refractivity contribution is -0.126. The highest BCUT2D eigenvalue weighted by atomic mass is 35.5. The third kappa shape index (κ3) is 6.32.